The van der Waals surface area contributed by atoms with Gasteiger partial charge in [0, 0.05) is 19.6 Å². The van der Waals surface area contributed by atoms with Crippen LogP contribution in [0.1, 0.15) is 25.7 Å². The van der Waals surface area contributed by atoms with E-state index < -0.39 is 10.0 Å². The Morgan fingerprint density at radius 1 is 1.07 bits per heavy atom. The van der Waals surface area contributed by atoms with E-state index in [2.05, 4.69) is 0 Å². The summed E-state index contributed by atoms with van der Waals surface area (Å²) in [4.78, 5) is 0. The zero-order valence-electron chi connectivity index (χ0n) is 9.06. The molecule has 0 radical (unpaired) electrons. The molecule has 0 unspecified atom stereocenters. The number of sulfonamides is 1. The van der Waals surface area contributed by atoms with Gasteiger partial charge in [0.1, 0.15) is 0 Å². The molecule has 2 rings (SSSR count). The number of hydrogen-bond acceptors (Lipinski definition) is 3. The number of nitrogens with zero attached hydrogens (tertiary/aromatic N) is 1. The predicted molar refractivity (Wildman–Crippen MR) is 59.9 cm³/mol. The van der Waals surface area contributed by atoms with Crippen LogP contribution in [0.3, 0.4) is 0 Å². The van der Waals surface area contributed by atoms with Crippen LogP contribution < -0.4 is 5.73 Å². The van der Waals surface area contributed by atoms with Crippen molar-refractivity contribution in [2.75, 3.05) is 25.4 Å². The Labute approximate surface area is 91.9 Å². The first-order valence-electron chi connectivity index (χ1n) is 5.79. The molecule has 0 saturated heterocycles. The first-order chi connectivity index (χ1) is 7.12. The summed E-state index contributed by atoms with van der Waals surface area (Å²) in [5.74, 6) is 1.35. The zero-order valence-corrected chi connectivity index (χ0v) is 9.88. The molecule has 0 aromatic rings. The average Bonchev–Trinajstić information content (AvgIpc) is 2.96. The summed E-state index contributed by atoms with van der Waals surface area (Å²) in [6.45, 7) is 1.70. The molecule has 4 nitrogen and oxygen atoms in total. The largest absolute Gasteiger partial charge is 0.329 e. The molecule has 0 aromatic carbocycles. The summed E-state index contributed by atoms with van der Waals surface area (Å²) >= 11 is 0. The third kappa shape index (κ3) is 3.43. The van der Waals surface area contributed by atoms with Crippen LogP contribution in [0.15, 0.2) is 0 Å². The minimum absolute atomic E-state index is 0.104. The fourth-order valence-corrected chi connectivity index (χ4v) is 3.19. The summed E-state index contributed by atoms with van der Waals surface area (Å²) in [7, 11) is -3.07. The maximum absolute atomic E-state index is 11.9. The van der Waals surface area contributed by atoms with E-state index >= 15 is 0 Å². The van der Waals surface area contributed by atoms with Crippen LogP contribution in [-0.2, 0) is 10.0 Å². The molecule has 0 aliphatic heterocycles. The van der Waals surface area contributed by atoms with Crippen LogP contribution >= 0.6 is 0 Å². The summed E-state index contributed by atoms with van der Waals surface area (Å²) in [5.41, 5.74) is 5.34. The van der Waals surface area contributed by atoms with E-state index in [0.29, 0.717) is 11.8 Å². The topological polar surface area (TPSA) is 63.4 Å². The number of nitrogens with two attached hydrogens (primary N) is 1. The first kappa shape index (κ1) is 11.4. The van der Waals surface area contributed by atoms with E-state index in [1.807, 2.05) is 0 Å². The number of hydrogen-bond donors (Lipinski definition) is 1. The third-order valence-corrected chi connectivity index (χ3v) is 4.92. The van der Waals surface area contributed by atoms with E-state index in [4.69, 9.17) is 5.73 Å². The third-order valence-electron chi connectivity index (χ3n) is 3.09. The van der Waals surface area contributed by atoms with Crippen molar-refractivity contribution >= 4 is 10.0 Å². The Morgan fingerprint density at radius 3 is 1.87 bits per heavy atom. The van der Waals surface area contributed by atoms with Crippen molar-refractivity contribution in [1.29, 1.82) is 0 Å². The summed E-state index contributed by atoms with van der Waals surface area (Å²) in [5, 5.41) is 0. The van der Waals surface area contributed by atoms with Gasteiger partial charge in [-0.2, -0.15) is 0 Å². The van der Waals surface area contributed by atoms with Gasteiger partial charge in [-0.15, -0.1) is 0 Å². The molecule has 88 valence electrons. The summed E-state index contributed by atoms with van der Waals surface area (Å²) in [6, 6.07) is 0. The Morgan fingerprint density at radius 2 is 1.53 bits per heavy atom. The molecule has 0 heterocycles. The van der Waals surface area contributed by atoms with E-state index in [1.165, 1.54) is 25.7 Å². The van der Waals surface area contributed by atoms with E-state index in [1.54, 1.807) is 4.31 Å². The highest BCUT2D eigenvalue weighted by Gasteiger charge is 2.34. The SMILES string of the molecule is NCCS(=O)(=O)N(CC1CC1)CC1CC1. The van der Waals surface area contributed by atoms with Gasteiger partial charge in [-0.1, -0.05) is 0 Å². The first-order valence-corrected chi connectivity index (χ1v) is 7.40. The van der Waals surface area contributed by atoms with Gasteiger partial charge in [0.15, 0.2) is 0 Å². The molecule has 15 heavy (non-hydrogen) atoms. The lowest BCUT2D eigenvalue weighted by Crippen LogP contribution is -2.38. The average molecular weight is 232 g/mol. The fraction of sp³-hybridized carbons (Fsp3) is 1.00. The monoisotopic (exact) mass is 232 g/mol. The fourth-order valence-electron chi connectivity index (χ4n) is 1.76. The van der Waals surface area contributed by atoms with Gasteiger partial charge < -0.3 is 5.73 Å². The smallest absolute Gasteiger partial charge is 0.215 e. The van der Waals surface area contributed by atoms with Crippen LogP contribution in [0.2, 0.25) is 0 Å². The highest BCUT2D eigenvalue weighted by Crippen LogP contribution is 2.34. The van der Waals surface area contributed by atoms with Gasteiger partial charge in [0.2, 0.25) is 10.0 Å². The minimum atomic E-state index is -3.07. The second kappa shape index (κ2) is 4.39. The number of rotatable bonds is 7. The van der Waals surface area contributed by atoms with Crippen LogP contribution in [-0.4, -0.2) is 38.1 Å². The molecule has 2 fully saturated rings. The van der Waals surface area contributed by atoms with Crippen LogP contribution in [0.5, 0.6) is 0 Å². The van der Waals surface area contributed by atoms with Gasteiger partial charge in [0.05, 0.1) is 5.75 Å². The van der Waals surface area contributed by atoms with E-state index in [0.717, 1.165) is 13.1 Å². The van der Waals surface area contributed by atoms with Crippen molar-refractivity contribution in [1.82, 2.24) is 4.31 Å². The molecule has 0 amide bonds. The van der Waals surface area contributed by atoms with Crippen LogP contribution in [0, 0.1) is 11.8 Å². The normalized spacial score (nSPS) is 22.3. The highest BCUT2D eigenvalue weighted by atomic mass is 32.2. The van der Waals surface area contributed by atoms with Crippen LogP contribution in [0.4, 0.5) is 0 Å². The van der Waals surface area contributed by atoms with Crippen LogP contribution in [0.25, 0.3) is 0 Å². The Bertz CT molecular complexity index is 293. The maximum atomic E-state index is 11.9. The lowest BCUT2D eigenvalue weighted by molar-refractivity contribution is 0.382. The highest BCUT2D eigenvalue weighted by molar-refractivity contribution is 7.89. The van der Waals surface area contributed by atoms with Gasteiger partial charge in [-0.3, -0.25) is 0 Å². The molecule has 0 spiro atoms. The zero-order chi connectivity index (χ0) is 10.9. The van der Waals surface area contributed by atoms with Gasteiger partial charge in [-0.05, 0) is 37.5 Å². The molecular formula is C10H20N2O2S. The molecule has 2 N–H and O–H groups in total. The minimum Gasteiger partial charge on any atom is -0.329 e. The summed E-state index contributed by atoms with van der Waals surface area (Å²) < 4.78 is 25.5. The second-order valence-electron chi connectivity index (χ2n) is 4.81. The molecule has 5 heteroatoms. The Kier molecular flexibility index (Phi) is 3.33. The molecule has 0 aromatic heterocycles. The lowest BCUT2D eigenvalue weighted by atomic mass is 10.4. The molecule has 2 aliphatic rings. The van der Waals surface area contributed by atoms with Crippen molar-refractivity contribution in [3.05, 3.63) is 0 Å². The Balaban J connectivity index is 1.94. The maximum Gasteiger partial charge on any atom is 0.215 e. The van der Waals surface area contributed by atoms with E-state index in [-0.39, 0.29) is 12.3 Å². The molecular weight excluding hydrogens is 212 g/mol. The van der Waals surface area contributed by atoms with Crippen molar-refractivity contribution in [2.45, 2.75) is 25.7 Å². The molecule has 2 saturated carbocycles. The van der Waals surface area contributed by atoms with Crippen molar-refractivity contribution < 1.29 is 8.42 Å². The molecule has 0 bridgehead atoms. The van der Waals surface area contributed by atoms with Crippen molar-refractivity contribution in [3.8, 4) is 0 Å². The predicted octanol–water partition coefficient (Wildman–Crippen LogP) is 0.397. The lowest BCUT2D eigenvalue weighted by Gasteiger charge is -2.21. The van der Waals surface area contributed by atoms with Gasteiger partial charge >= 0.3 is 0 Å². The molecule has 0 atom stereocenters. The summed E-state index contributed by atoms with van der Waals surface area (Å²) in [6.07, 6.45) is 4.78. The second-order valence-corrected chi connectivity index (χ2v) is 6.90. The van der Waals surface area contributed by atoms with Gasteiger partial charge in [0.25, 0.3) is 0 Å². The van der Waals surface area contributed by atoms with Gasteiger partial charge in [-0.25, -0.2) is 12.7 Å². The van der Waals surface area contributed by atoms with Crippen molar-refractivity contribution in [2.24, 2.45) is 17.6 Å². The van der Waals surface area contributed by atoms with E-state index in [9.17, 15) is 8.42 Å². The molecule has 2 aliphatic carbocycles. The Hall–Kier alpha value is -0.130. The standard InChI is InChI=1S/C10H20N2O2S/c11-5-6-15(13,14)12(7-9-1-2-9)8-10-3-4-10/h9-10H,1-8,11H2. The van der Waals surface area contributed by atoms with Crippen molar-refractivity contribution in [3.63, 3.8) is 0 Å². The quantitative estimate of drug-likeness (QED) is 0.691.